The topological polar surface area (TPSA) is 98.4 Å². The van der Waals surface area contributed by atoms with Gasteiger partial charge in [-0.15, -0.1) is 0 Å². The number of nitriles is 1. The molecule has 0 radical (unpaired) electrons. The third-order valence-electron chi connectivity index (χ3n) is 5.55. The first kappa shape index (κ1) is 21.9. The van der Waals surface area contributed by atoms with Crippen molar-refractivity contribution in [1.82, 2.24) is 10.6 Å². The summed E-state index contributed by atoms with van der Waals surface area (Å²) in [5, 5.41) is 14.7. The normalized spacial score (nSPS) is 14.4. The van der Waals surface area contributed by atoms with Crippen LogP contribution in [0.5, 0.6) is 0 Å². The molecule has 0 atom stereocenters. The van der Waals surface area contributed by atoms with E-state index in [1.807, 2.05) is 30.3 Å². The Morgan fingerprint density at radius 1 is 1.00 bits per heavy atom. The Kier molecular flexibility index (Phi) is 6.86. The number of hydrogen-bond acceptors (Lipinski definition) is 5. The van der Waals surface area contributed by atoms with Gasteiger partial charge in [-0.25, -0.2) is 0 Å². The fourth-order valence-corrected chi connectivity index (χ4v) is 3.75. The fourth-order valence-electron chi connectivity index (χ4n) is 3.75. The fraction of sp³-hybridized carbons (Fsp3) is 0.192. The molecule has 0 aliphatic carbocycles. The summed E-state index contributed by atoms with van der Waals surface area (Å²) < 4.78 is 5.34. The summed E-state index contributed by atoms with van der Waals surface area (Å²) in [6, 6.07) is 21.8. The first-order valence-corrected chi connectivity index (χ1v) is 10.8. The Morgan fingerprint density at radius 3 is 2.36 bits per heavy atom. The molecule has 0 saturated carbocycles. The second kappa shape index (κ2) is 10.3. The molecule has 7 nitrogen and oxygen atoms in total. The van der Waals surface area contributed by atoms with Gasteiger partial charge in [0.2, 0.25) is 0 Å². The van der Waals surface area contributed by atoms with Gasteiger partial charge >= 0.3 is 0 Å². The Hall–Kier alpha value is -4.31. The van der Waals surface area contributed by atoms with Crippen LogP contribution in [-0.4, -0.2) is 30.9 Å². The third-order valence-corrected chi connectivity index (χ3v) is 5.55. The van der Waals surface area contributed by atoms with Crippen molar-refractivity contribution in [3.8, 4) is 6.07 Å². The highest BCUT2D eigenvalue weighted by Crippen LogP contribution is 2.21. The van der Waals surface area contributed by atoms with Gasteiger partial charge < -0.3 is 20.0 Å². The van der Waals surface area contributed by atoms with Gasteiger partial charge in [0.25, 0.3) is 11.8 Å². The van der Waals surface area contributed by atoms with E-state index in [1.165, 1.54) is 12.3 Å². The molecule has 7 heteroatoms. The summed E-state index contributed by atoms with van der Waals surface area (Å²) in [6.45, 7) is 1.56. The zero-order valence-corrected chi connectivity index (χ0v) is 18.0. The van der Waals surface area contributed by atoms with Crippen LogP contribution < -0.4 is 15.5 Å². The van der Waals surface area contributed by atoms with E-state index in [4.69, 9.17) is 9.68 Å². The minimum Gasteiger partial charge on any atom is -0.465 e. The lowest BCUT2D eigenvalue weighted by atomic mass is 10.0. The van der Waals surface area contributed by atoms with E-state index in [9.17, 15) is 9.59 Å². The number of carbonyl (C=O) groups is 2. The van der Waals surface area contributed by atoms with E-state index in [2.05, 4.69) is 21.6 Å². The van der Waals surface area contributed by atoms with Gasteiger partial charge in [-0.2, -0.15) is 5.26 Å². The van der Waals surface area contributed by atoms with Crippen molar-refractivity contribution in [3.63, 3.8) is 0 Å². The van der Waals surface area contributed by atoms with Crippen molar-refractivity contribution in [2.24, 2.45) is 0 Å². The Morgan fingerprint density at radius 2 is 1.73 bits per heavy atom. The molecular formula is C26H24N4O3. The highest BCUT2D eigenvalue weighted by atomic mass is 16.3. The number of anilines is 1. The van der Waals surface area contributed by atoms with Crippen LogP contribution in [0.3, 0.4) is 0 Å². The van der Waals surface area contributed by atoms with Gasteiger partial charge in [0.05, 0.1) is 17.9 Å². The van der Waals surface area contributed by atoms with E-state index in [0.717, 1.165) is 31.6 Å². The van der Waals surface area contributed by atoms with Gasteiger partial charge in [0.1, 0.15) is 11.5 Å². The molecule has 3 aromatic rings. The van der Waals surface area contributed by atoms with Gasteiger partial charge in [-0.05, 0) is 61.4 Å². The SMILES string of the molecule is N#Cc1ccc(N2CCC(NC(=O)/C(=C/c3ccco3)NC(=O)c3ccccc3)CC2)cc1. The maximum atomic E-state index is 13.0. The summed E-state index contributed by atoms with van der Waals surface area (Å²) in [5.74, 6) is -0.240. The number of carbonyl (C=O) groups excluding carboxylic acids is 2. The molecule has 33 heavy (non-hydrogen) atoms. The molecule has 166 valence electrons. The lowest BCUT2D eigenvalue weighted by Gasteiger charge is -2.34. The molecule has 2 aromatic carbocycles. The van der Waals surface area contributed by atoms with E-state index >= 15 is 0 Å². The molecule has 1 fully saturated rings. The van der Waals surface area contributed by atoms with Crippen LogP contribution in [0.15, 0.2) is 83.1 Å². The zero-order valence-electron chi connectivity index (χ0n) is 18.0. The summed E-state index contributed by atoms with van der Waals surface area (Å²) in [6.07, 6.45) is 4.58. The van der Waals surface area contributed by atoms with E-state index < -0.39 is 0 Å². The van der Waals surface area contributed by atoms with Crippen molar-refractivity contribution in [3.05, 3.63) is 95.6 Å². The lowest BCUT2D eigenvalue weighted by Crippen LogP contribution is -2.46. The molecule has 1 aliphatic rings. The number of benzene rings is 2. The summed E-state index contributed by atoms with van der Waals surface area (Å²) >= 11 is 0. The van der Waals surface area contributed by atoms with Crippen LogP contribution in [0.2, 0.25) is 0 Å². The van der Waals surface area contributed by atoms with Crippen LogP contribution >= 0.6 is 0 Å². The number of piperidine rings is 1. The van der Waals surface area contributed by atoms with Crippen LogP contribution in [0.1, 0.15) is 34.5 Å². The number of furan rings is 1. The van der Waals surface area contributed by atoms with E-state index in [0.29, 0.717) is 16.9 Å². The second-order valence-electron chi connectivity index (χ2n) is 7.79. The molecule has 1 saturated heterocycles. The number of nitrogens with one attached hydrogen (secondary N) is 2. The van der Waals surface area contributed by atoms with Gasteiger partial charge in [0, 0.05) is 36.5 Å². The van der Waals surface area contributed by atoms with Gasteiger partial charge in [-0.3, -0.25) is 9.59 Å². The molecular weight excluding hydrogens is 416 g/mol. The lowest BCUT2D eigenvalue weighted by molar-refractivity contribution is -0.118. The van der Waals surface area contributed by atoms with Crippen molar-refractivity contribution < 1.29 is 14.0 Å². The number of rotatable bonds is 6. The summed E-state index contributed by atoms with van der Waals surface area (Å²) in [4.78, 5) is 27.9. The van der Waals surface area contributed by atoms with Crippen molar-refractivity contribution >= 4 is 23.6 Å². The first-order chi connectivity index (χ1) is 16.1. The van der Waals surface area contributed by atoms with Crippen LogP contribution in [0.25, 0.3) is 6.08 Å². The minimum atomic E-state index is -0.362. The highest BCUT2D eigenvalue weighted by Gasteiger charge is 2.23. The average Bonchev–Trinajstić information content (AvgIpc) is 3.38. The molecule has 1 aliphatic heterocycles. The van der Waals surface area contributed by atoms with E-state index in [-0.39, 0.29) is 23.6 Å². The minimum absolute atomic E-state index is 0.0132. The van der Waals surface area contributed by atoms with Crippen LogP contribution in [0, 0.1) is 11.3 Å². The maximum absolute atomic E-state index is 13.0. The number of hydrogen-bond donors (Lipinski definition) is 2. The van der Waals surface area contributed by atoms with E-state index in [1.54, 1.807) is 36.4 Å². The molecule has 4 rings (SSSR count). The maximum Gasteiger partial charge on any atom is 0.268 e. The molecule has 1 aromatic heterocycles. The molecule has 2 heterocycles. The Balaban J connectivity index is 1.39. The van der Waals surface area contributed by atoms with Gasteiger partial charge in [-0.1, -0.05) is 18.2 Å². The third kappa shape index (κ3) is 5.69. The monoisotopic (exact) mass is 440 g/mol. The molecule has 0 unspecified atom stereocenters. The van der Waals surface area contributed by atoms with Gasteiger partial charge in [0.15, 0.2) is 0 Å². The summed E-state index contributed by atoms with van der Waals surface area (Å²) in [5.41, 5.74) is 2.29. The average molecular weight is 441 g/mol. The van der Waals surface area contributed by atoms with Crippen molar-refractivity contribution in [1.29, 1.82) is 5.26 Å². The predicted molar refractivity (Wildman–Crippen MR) is 125 cm³/mol. The largest absolute Gasteiger partial charge is 0.465 e. The standard InChI is InChI=1S/C26H24N4O3/c27-18-19-8-10-22(11-9-19)30-14-12-21(13-15-30)28-26(32)24(17-23-7-4-16-33-23)29-25(31)20-5-2-1-3-6-20/h1-11,16-17,21H,12-15H2,(H,28,32)(H,29,31)/b24-17-. The quantitative estimate of drug-likeness (QED) is 0.570. The summed E-state index contributed by atoms with van der Waals surface area (Å²) in [7, 11) is 0. The molecule has 2 amide bonds. The van der Waals surface area contributed by atoms with Crippen molar-refractivity contribution in [2.45, 2.75) is 18.9 Å². The zero-order chi connectivity index (χ0) is 23.0. The number of nitrogens with zero attached hydrogens (tertiary/aromatic N) is 2. The smallest absolute Gasteiger partial charge is 0.268 e. The Bertz CT molecular complexity index is 1150. The van der Waals surface area contributed by atoms with Crippen molar-refractivity contribution in [2.75, 3.05) is 18.0 Å². The molecule has 2 N–H and O–H groups in total. The molecule has 0 bridgehead atoms. The van der Waals surface area contributed by atoms with Crippen LogP contribution in [-0.2, 0) is 4.79 Å². The predicted octanol–water partition coefficient (Wildman–Crippen LogP) is 3.71. The molecule has 0 spiro atoms. The Labute approximate surface area is 192 Å². The highest BCUT2D eigenvalue weighted by molar-refractivity contribution is 6.05. The van der Waals surface area contributed by atoms with Crippen LogP contribution in [0.4, 0.5) is 5.69 Å². The second-order valence-corrected chi connectivity index (χ2v) is 7.79. The first-order valence-electron chi connectivity index (χ1n) is 10.8. The number of amides is 2.